The number of aryl methyl sites for hydroxylation is 1. The van der Waals surface area contributed by atoms with Crippen molar-refractivity contribution in [1.82, 2.24) is 9.88 Å². The van der Waals surface area contributed by atoms with E-state index in [1.165, 1.54) is 10.5 Å². The number of carboxylic acids is 1. The van der Waals surface area contributed by atoms with Crippen LogP contribution in [0.4, 0.5) is 0 Å². The Labute approximate surface area is 228 Å². The van der Waals surface area contributed by atoms with Crippen molar-refractivity contribution in [3.05, 3.63) is 64.8 Å². The standard InChI is InChI=1S/C29H35ClN2O4S/c1-20-4-3-5-22(16-20)37-15-14-32-12-10-29(11-13-32,18-27(34)35)9-8-26(33)28-23-17-21(36-2)6-7-25(23)31-19-24(28)30/h3-7,16-17,19,26,33H,8-15,18H2,1-2H3,(H,34,35). The lowest BCUT2D eigenvalue weighted by molar-refractivity contribution is -0.141. The van der Waals surface area contributed by atoms with Gasteiger partial charge in [-0.1, -0.05) is 29.3 Å². The fraction of sp³-hybridized carbons (Fsp3) is 0.448. The number of hydrogen-bond acceptors (Lipinski definition) is 6. The number of fused-ring (bicyclic) bond motifs is 1. The molecule has 6 nitrogen and oxygen atoms in total. The van der Waals surface area contributed by atoms with Crippen LogP contribution in [-0.2, 0) is 4.79 Å². The number of halogens is 1. The molecule has 1 unspecified atom stereocenters. The van der Waals surface area contributed by atoms with E-state index >= 15 is 0 Å². The SMILES string of the molecule is COc1ccc2ncc(Cl)c(C(O)CCC3(CC(=O)O)CCN(CCSc4cccc(C)c4)CC3)c2c1. The highest BCUT2D eigenvalue weighted by Crippen LogP contribution is 2.43. The monoisotopic (exact) mass is 542 g/mol. The molecule has 0 radical (unpaired) electrons. The minimum Gasteiger partial charge on any atom is -0.497 e. The predicted octanol–water partition coefficient (Wildman–Crippen LogP) is 6.37. The van der Waals surface area contributed by atoms with E-state index in [0.29, 0.717) is 29.2 Å². The van der Waals surface area contributed by atoms with Crippen molar-refractivity contribution >= 4 is 40.2 Å². The summed E-state index contributed by atoms with van der Waals surface area (Å²) in [6.07, 6.45) is 3.53. The summed E-state index contributed by atoms with van der Waals surface area (Å²) >= 11 is 8.35. The molecule has 2 aromatic carbocycles. The fourth-order valence-electron chi connectivity index (χ4n) is 5.31. The number of thioether (sulfide) groups is 1. The summed E-state index contributed by atoms with van der Waals surface area (Å²) in [5.74, 6) is 0.890. The van der Waals surface area contributed by atoms with Crippen molar-refractivity contribution in [3.63, 3.8) is 0 Å². The van der Waals surface area contributed by atoms with Crippen molar-refractivity contribution in [1.29, 1.82) is 0 Å². The number of pyridine rings is 1. The molecule has 198 valence electrons. The third-order valence-corrected chi connectivity index (χ3v) is 8.73. The molecular weight excluding hydrogens is 508 g/mol. The summed E-state index contributed by atoms with van der Waals surface area (Å²) in [5.41, 5.74) is 2.29. The van der Waals surface area contributed by atoms with Gasteiger partial charge in [-0.05, 0) is 81.4 Å². The molecular formula is C29H35ClN2O4S. The molecule has 0 saturated carbocycles. The van der Waals surface area contributed by atoms with Crippen LogP contribution in [0.1, 0.15) is 49.3 Å². The fourth-order valence-corrected chi connectivity index (χ4v) is 6.61. The number of rotatable bonds is 11. The molecule has 8 heteroatoms. The zero-order valence-electron chi connectivity index (χ0n) is 21.5. The molecule has 0 bridgehead atoms. The normalized spacial score (nSPS) is 16.5. The lowest BCUT2D eigenvalue weighted by Crippen LogP contribution is -2.42. The number of aliphatic hydroxyl groups is 1. The van der Waals surface area contributed by atoms with E-state index in [-0.39, 0.29) is 11.8 Å². The summed E-state index contributed by atoms with van der Waals surface area (Å²) in [7, 11) is 1.60. The van der Waals surface area contributed by atoms with E-state index in [1.54, 1.807) is 13.3 Å². The van der Waals surface area contributed by atoms with Crippen LogP contribution in [0.3, 0.4) is 0 Å². The van der Waals surface area contributed by atoms with E-state index < -0.39 is 12.1 Å². The summed E-state index contributed by atoms with van der Waals surface area (Å²) in [5, 5.41) is 22.1. The smallest absolute Gasteiger partial charge is 0.303 e. The van der Waals surface area contributed by atoms with Crippen LogP contribution >= 0.6 is 23.4 Å². The van der Waals surface area contributed by atoms with Crippen LogP contribution in [0.2, 0.25) is 5.02 Å². The van der Waals surface area contributed by atoms with Gasteiger partial charge in [0.15, 0.2) is 0 Å². The molecule has 4 rings (SSSR count). The number of aliphatic hydroxyl groups excluding tert-OH is 1. The Morgan fingerprint density at radius 3 is 2.73 bits per heavy atom. The van der Waals surface area contributed by atoms with E-state index in [9.17, 15) is 15.0 Å². The summed E-state index contributed by atoms with van der Waals surface area (Å²) in [6, 6.07) is 14.1. The number of carbonyl (C=O) groups is 1. The average Bonchev–Trinajstić information content (AvgIpc) is 2.88. The second-order valence-electron chi connectivity index (χ2n) is 10.0. The van der Waals surface area contributed by atoms with Gasteiger partial charge in [0.2, 0.25) is 0 Å². The van der Waals surface area contributed by atoms with Gasteiger partial charge in [-0.2, -0.15) is 0 Å². The lowest BCUT2D eigenvalue weighted by atomic mass is 9.71. The van der Waals surface area contributed by atoms with E-state index in [4.69, 9.17) is 16.3 Å². The number of piperidine rings is 1. The van der Waals surface area contributed by atoms with Crippen LogP contribution in [0.25, 0.3) is 10.9 Å². The zero-order valence-corrected chi connectivity index (χ0v) is 23.0. The molecule has 1 aliphatic heterocycles. The molecule has 1 fully saturated rings. The van der Waals surface area contributed by atoms with Crippen molar-refractivity contribution in [2.24, 2.45) is 5.41 Å². The molecule has 0 aliphatic carbocycles. The van der Waals surface area contributed by atoms with Crippen LogP contribution < -0.4 is 4.74 Å². The van der Waals surface area contributed by atoms with E-state index in [1.807, 2.05) is 30.0 Å². The highest BCUT2D eigenvalue weighted by molar-refractivity contribution is 7.99. The van der Waals surface area contributed by atoms with Gasteiger partial charge < -0.3 is 19.8 Å². The summed E-state index contributed by atoms with van der Waals surface area (Å²) < 4.78 is 5.36. The van der Waals surface area contributed by atoms with Gasteiger partial charge in [-0.3, -0.25) is 9.78 Å². The van der Waals surface area contributed by atoms with Crippen molar-refractivity contribution < 1.29 is 19.7 Å². The molecule has 1 aromatic heterocycles. The maximum atomic E-state index is 11.8. The Morgan fingerprint density at radius 2 is 2.03 bits per heavy atom. The zero-order chi connectivity index (χ0) is 26.4. The Bertz CT molecular complexity index is 1230. The minimum atomic E-state index is -0.820. The molecule has 0 amide bonds. The third-order valence-electron chi connectivity index (χ3n) is 7.46. The van der Waals surface area contributed by atoms with E-state index in [2.05, 4.69) is 41.1 Å². The van der Waals surface area contributed by atoms with Gasteiger partial charge in [0.05, 0.1) is 30.2 Å². The number of aromatic nitrogens is 1. The van der Waals surface area contributed by atoms with Gasteiger partial charge in [0.1, 0.15) is 5.75 Å². The summed E-state index contributed by atoms with van der Waals surface area (Å²) in [6.45, 7) is 4.82. The van der Waals surface area contributed by atoms with Crippen molar-refractivity contribution in [2.75, 3.05) is 32.5 Å². The van der Waals surface area contributed by atoms with Crippen LogP contribution in [0, 0.1) is 12.3 Å². The number of likely N-dealkylation sites (tertiary alicyclic amines) is 1. The molecule has 0 spiro atoms. The second kappa shape index (κ2) is 12.5. The average molecular weight is 543 g/mol. The minimum absolute atomic E-state index is 0.115. The van der Waals surface area contributed by atoms with Crippen LogP contribution in [0.15, 0.2) is 53.6 Å². The maximum Gasteiger partial charge on any atom is 0.303 e. The number of methoxy groups -OCH3 is 1. The maximum absolute atomic E-state index is 11.8. The quantitative estimate of drug-likeness (QED) is 0.272. The Hall–Kier alpha value is -2.32. The molecule has 2 N–H and O–H groups in total. The number of hydrogen-bond donors (Lipinski definition) is 2. The molecule has 1 atom stereocenters. The number of nitrogens with zero attached hydrogens (tertiary/aromatic N) is 2. The third kappa shape index (κ3) is 7.17. The van der Waals surface area contributed by atoms with Gasteiger partial charge >= 0.3 is 5.97 Å². The predicted molar refractivity (Wildman–Crippen MR) is 150 cm³/mol. The highest BCUT2D eigenvalue weighted by Gasteiger charge is 2.37. The Morgan fingerprint density at radius 1 is 1.24 bits per heavy atom. The van der Waals surface area contributed by atoms with Gasteiger partial charge in [-0.15, -0.1) is 11.8 Å². The van der Waals surface area contributed by atoms with Crippen LogP contribution in [-0.4, -0.2) is 58.6 Å². The van der Waals surface area contributed by atoms with E-state index in [0.717, 1.165) is 49.1 Å². The van der Waals surface area contributed by atoms with Crippen molar-refractivity contribution in [2.45, 2.75) is 50.0 Å². The molecule has 1 aliphatic rings. The van der Waals surface area contributed by atoms with Crippen LogP contribution in [0.5, 0.6) is 5.75 Å². The Kier molecular flexibility index (Phi) is 9.35. The molecule has 37 heavy (non-hydrogen) atoms. The number of benzene rings is 2. The van der Waals surface area contributed by atoms with Crippen molar-refractivity contribution in [3.8, 4) is 5.75 Å². The van der Waals surface area contributed by atoms with Gasteiger partial charge in [0, 0.05) is 34.3 Å². The first-order valence-corrected chi connectivity index (χ1v) is 14.1. The number of ether oxygens (including phenoxy) is 1. The Balaban J connectivity index is 1.38. The topological polar surface area (TPSA) is 82.9 Å². The van der Waals surface area contributed by atoms with Gasteiger partial charge in [0.25, 0.3) is 0 Å². The number of carboxylic acid groups (broad SMARTS) is 1. The highest BCUT2D eigenvalue weighted by atomic mass is 35.5. The molecule has 2 heterocycles. The molecule has 1 saturated heterocycles. The summed E-state index contributed by atoms with van der Waals surface area (Å²) in [4.78, 5) is 19.9. The largest absolute Gasteiger partial charge is 0.497 e. The van der Waals surface area contributed by atoms with Gasteiger partial charge in [-0.25, -0.2) is 0 Å². The first-order valence-electron chi connectivity index (χ1n) is 12.7. The molecule has 3 aromatic rings. The first-order chi connectivity index (χ1) is 17.8. The first kappa shape index (κ1) is 27.7. The lowest BCUT2D eigenvalue weighted by Gasteiger charge is -2.41. The second-order valence-corrected chi connectivity index (χ2v) is 11.6. The number of aliphatic carboxylic acids is 1.